The van der Waals surface area contributed by atoms with E-state index in [1.165, 1.54) is 18.9 Å². The number of halogens is 2. The molecule has 0 saturated heterocycles. The molecule has 0 unspecified atom stereocenters. The fourth-order valence-electron chi connectivity index (χ4n) is 2.77. The topological polar surface area (TPSA) is 38.9 Å². The van der Waals surface area contributed by atoms with Crippen molar-refractivity contribution < 1.29 is 8.78 Å². The lowest BCUT2D eigenvalue weighted by atomic mass is 10.0. The predicted molar refractivity (Wildman–Crippen MR) is 67.3 cm³/mol. The molecular weight excluding hydrogens is 234 g/mol. The van der Waals surface area contributed by atoms with Gasteiger partial charge < -0.3 is 5.73 Å². The van der Waals surface area contributed by atoms with Gasteiger partial charge in [0.25, 0.3) is 0 Å². The maximum Gasteiger partial charge on any atom is 0.137 e. The number of nitrogen functional groups attached to an aromatic ring is 1. The van der Waals surface area contributed by atoms with Crippen LogP contribution >= 0.6 is 0 Å². The molecule has 1 heterocycles. The van der Waals surface area contributed by atoms with E-state index in [9.17, 15) is 8.78 Å². The van der Waals surface area contributed by atoms with Crippen LogP contribution in [0, 0.1) is 11.6 Å². The normalized spacial score (nSPS) is 16.6. The van der Waals surface area contributed by atoms with Crippen molar-refractivity contribution in [2.24, 2.45) is 0 Å². The zero-order valence-corrected chi connectivity index (χ0v) is 9.92. The van der Waals surface area contributed by atoms with Gasteiger partial charge >= 0.3 is 0 Å². The minimum absolute atomic E-state index is 0.221. The third-order valence-corrected chi connectivity index (χ3v) is 3.65. The van der Waals surface area contributed by atoms with Crippen molar-refractivity contribution in [3.05, 3.63) is 35.5 Å². The molecule has 1 aliphatic carbocycles. The van der Waals surface area contributed by atoms with Crippen LogP contribution in [0.2, 0.25) is 0 Å². The van der Waals surface area contributed by atoms with Crippen molar-refractivity contribution in [1.29, 1.82) is 0 Å². The Labute approximate surface area is 104 Å². The highest BCUT2D eigenvalue weighted by Crippen LogP contribution is 2.35. The predicted octanol–water partition coefficient (Wildman–Crippen LogP) is 3.75. The van der Waals surface area contributed by atoms with Gasteiger partial charge in [0, 0.05) is 29.4 Å². The summed E-state index contributed by atoms with van der Waals surface area (Å²) in [6, 6.07) is 3.82. The Hall–Kier alpha value is -1.71. The maximum atomic E-state index is 13.7. The Morgan fingerprint density at radius 1 is 1.11 bits per heavy atom. The molecule has 18 heavy (non-hydrogen) atoms. The number of nitrogens with zero attached hydrogens (tertiary/aromatic N) is 1. The number of pyridine rings is 1. The number of benzene rings is 1. The average molecular weight is 248 g/mol. The van der Waals surface area contributed by atoms with Crippen molar-refractivity contribution in [2.45, 2.75) is 31.6 Å². The van der Waals surface area contributed by atoms with Crippen molar-refractivity contribution in [2.75, 3.05) is 5.73 Å². The summed E-state index contributed by atoms with van der Waals surface area (Å²) in [5.74, 6) is -0.883. The zero-order chi connectivity index (χ0) is 12.7. The summed E-state index contributed by atoms with van der Waals surface area (Å²) < 4.78 is 26.9. The van der Waals surface area contributed by atoms with Gasteiger partial charge in [0.2, 0.25) is 0 Å². The number of anilines is 1. The van der Waals surface area contributed by atoms with Crippen LogP contribution < -0.4 is 5.73 Å². The van der Waals surface area contributed by atoms with Gasteiger partial charge in [-0.3, -0.25) is 4.98 Å². The van der Waals surface area contributed by atoms with Gasteiger partial charge in [-0.1, -0.05) is 12.8 Å². The highest BCUT2D eigenvalue weighted by molar-refractivity contribution is 5.90. The third kappa shape index (κ3) is 1.82. The second kappa shape index (κ2) is 4.19. The lowest BCUT2D eigenvalue weighted by molar-refractivity contribution is 0.591. The van der Waals surface area contributed by atoms with Crippen LogP contribution in [0.15, 0.2) is 18.2 Å². The molecule has 2 N–H and O–H groups in total. The second-order valence-electron chi connectivity index (χ2n) is 4.90. The molecule has 1 aromatic carbocycles. The molecular formula is C14H14F2N2. The summed E-state index contributed by atoms with van der Waals surface area (Å²) in [6.07, 6.45) is 4.52. The number of hydrogen-bond acceptors (Lipinski definition) is 2. The smallest absolute Gasteiger partial charge is 0.137 e. The summed E-state index contributed by atoms with van der Waals surface area (Å²) in [4.78, 5) is 4.38. The Morgan fingerprint density at radius 3 is 2.56 bits per heavy atom. The van der Waals surface area contributed by atoms with Crippen LogP contribution in [0.3, 0.4) is 0 Å². The van der Waals surface area contributed by atoms with Crippen molar-refractivity contribution in [1.82, 2.24) is 4.98 Å². The molecule has 0 atom stereocenters. The van der Waals surface area contributed by atoms with Crippen molar-refractivity contribution >= 4 is 16.6 Å². The van der Waals surface area contributed by atoms with E-state index < -0.39 is 11.6 Å². The Kier molecular flexibility index (Phi) is 2.65. The van der Waals surface area contributed by atoms with Gasteiger partial charge in [0.15, 0.2) is 0 Å². The molecule has 2 aromatic rings. The third-order valence-electron chi connectivity index (χ3n) is 3.65. The van der Waals surface area contributed by atoms with E-state index in [-0.39, 0.29) is 5.39 Å². The standard InChI is InChI=1S/C14H14F2N2/c15-9-5-10(16)14-11(17)7-12(18-13(14)6-9)8-3-1-2-4-8/h5-8H,1-4H2,(H2,17,18). The quantitative estimate of drug-likeness (QED) is 0.834. The molecule has 0 radical (unpaired) electrons. The van der Waals surface area contributed by atoms with Crippen LogP contribution in [0.1, 0.15) is 37.3 Å². The molecule has 1 fully saturated rings. The summed E-state index contributed by atoms with van der Waals surface area (Å²) in [6.45, 7) is 0. The fourth-order valence-corrected chi connectivity index (χ4v) is 2.77. The van der Waals surface area contributed by atoms with Crippen molar-refractivity contribution in [3.8, 4) is 0 Å². The fraction of sp³-hybridized carbons (Fsp3) is 0.357. The van der Waals surface area contributed by atoms with Crippen LogP contribution in [0.25, 0.3) is 10.9 Å². The van der Waals surface area contributed by atoms with E-state index in [0.717, 1.165) is 24.6 Å². The Balaban J connectivity index is 2.19. The Bertz CT molecular complexity index is 604. The summed E-state index contributed by atoms with van der Waals surface area (Å²) in [5, 5.41) is 0.221. The van der Waals surface area contributed by atoms with Crippen LogP contribution in [0.5, 0.6) is 0 Å². The van der Waals surface area contributed by atoms with Crippen molar-refractivity contribution in [3.63, 3.8) is 0 Å². The summed E-state index contributed by atoms with van der Waals surface area (Å²) in [7, 11) is 0. The first kappa shape index (κ1) is 11.4. The molecule has 0 amide bonds. The molecule has 4 heteroatoms. The minimum Gasteiger partial charge on any atom is -0.398 e. The van der Waals surface area contributed by atoms with Gasteiger partial charge in [0.1, 0.15) is 11.6 Å². The molecule has 2 nitrogen and oxygen atoms in total. The highest BCUT2D eigenvalue weighted by atomic mass is 19.1. The van der Waals surface area contributed by atoms with E-state index >= 15 is 0 Å². The first-order valence-electron chi connectivity index (χ1n) is 6.20. The van der Waals surface area contributed by atoms with Gasteiger partial charge in [-0.05, 0) is 18.9 Å². The van der Waals surface area contributed by atoms with Gasteiger partial charge in [-0.15, -0.1) is 0 Å². The molecule has 3 rings (SSSR count). The number of rotatable bonds is 1. The SMILES string of the molecule is Nc1cc(C2CCCC2)nc2cc(F)cc(F)c12. The Morgan fingerprint density at radius 2 is 1.83 bits per heavy atom. The number of fused-ring (bicyclic) bond motifs is 1. The zero-order valence-electron chi connectivity index (χ0n) is 9.92. The van der Waals surface area contributed by atoms with Gasteiger partial charge in [0.05, 0.1) is 10.9 Å². The molecule has 0 bridgehead atoms. The second-order valence-corrected chi connectivity index (χ2v) is 4.90. The monoisotopic (exact) mass is 248 g/mol. The first-order valence-corrected chi connectivity index (χ1v) is 6.20. The largest absolute Gasteiger partial charge is 0.398 e. The first-order chi connectivity index (χ1) is 8.65. The number of nitrogens with two attached hydrogens (primary N) is 1. The highest BCUT2D eigenvalue weighted by Gasteiger charge is 2.20. The molecule has 1 aromatic heterocycles. The molecule has 1 aliphatic rings. The van der Waals surface area contributed by atoms with Crippen LogP contribution in [-0.2, 0) is 0 Å². The average Bonchev–Trinajstić information content (AvgIpc) is 2.80. The van der Waals surface area contributed by atoms with Crippen LogP contribution in [0.4, 0.5) is 14.5 Å². The molecule has 1 saturated carbocycles. The maximum absolute atomic E-state index is 13.7. The minimum atomic E-state index is -0.645. The van der Waals surface area contributed by atoms with Gasteiger partial charge in [-0.25, -0.2) is 8.78 Å². The number of aromatic nitrogens is 1. The summed E-state index contributed by atoms with van der Waals surface area (Å²) in [5.41, 5.74) is 7.40. The molecule has 0 spiro atoms. The van der Waals surface area contributed by atoms with E-state index in [4.69, 9.17) is 5.73 Å². The number of hydrogen-bond donors (Lipinski definition) is 1. The lowest BCUT2D eigenvalue weighted by Gasteiger charge is -2.12. The molecule has 94 valence electrons. The van der Waals surface area contributed by atoms with E-state index in [1.54, 1.807) is 6.07 Å². The molecule has 0 aliphatic heterocycles. The van der Waals surface area contributed by atoms with E-state index in [2.05, 4.69) is 4.98 Å². The van der Waals surface area contributed by atoms with E-state index in [0.29, 0.717) is 17.1 Å². The van der Waals surface area contributed by atoms with E-state index in [1.807, 2.05) is 0 Å². The summed E-state index contributed by atoms with van der Waals surface area (Å²) >= 11 is 0. The van der Waals surface area contributed by atoms with Gasteiger partial charge in [-0.2, -0.15) is 0 Å². The van der Waals surface area contributed by atoms with Crippen LogP contribution in [-0.4, -0.2) is 4.98 Å². The lowest BCUT2D eigenvalue weighted by Crippen LogP contribution is -2.01.